The summed E-state index contributed by atoms with van der Waals surface area (Å²) in [7, 11) is 0. The number of rotatable bonds is 6. The summed E-state index contributed by atoms with van der Waals surface area (Å²) in [5, 5.41) is 3.38. The summed E-state index contributed by atoms with van der Waals surface area (Å²) in [6.45, 7) is 7.06. The van der Waals surface area contributed by atoms with E-state index in [2.05, 4.69) is 110 Å². The van der Waals surface area contributed by atoms with Gasteiger partial charge < -0.3 is 0 Å². The van der Waals surface area contributed by atoms with Gasteiger partial charge in [-0.15, -0.1) is 11.8 Å². The quantitative estimate of drug-likeness (QED) is 0.218. The minimum atomic E-state index is 0.279. The predicted molar refractivity (Wildman–Crippen MR) is 165 cm³/mol. The molecule has 3 heterocycles. The van der Waals surface area contributed by atoms with E-state index in [0.717, 1.165) is 42.2 Å². The Kier molecular flexibility index (Phi) is 6.27. The fourth-order valence-corrected chi connectivity index (χ4v) is 9.02. The van der Waals surface area contributed by atoms with Gasteiger partial charge in [-0.1, -0.05) is 94.6 Å². The van der Waals surface area contributed by atoms with Crippen molar-refractivity contribution in [1.82, 2.24) is 14.5 Å². The Balaban J connectivity index is 1.50. The highest BCUT2D eigenvalue weighted by Gasteiger charge is 2.46. The summed E-state index contributed by atoms with van der Waals surface area (Å²) in [6.07, 6.45) is 8.67. The van der Waals surface area contributed by atoms with Crippen LogP contribution in [0.15, 0.2) is 77.7 Å². The first-order valence-corrected chi connectivity index (χ1v) is 15.7. The highest BCUT2D eigenvalue weighted by molar-refractivity contribution is 8.00. The van der Waals surface area contributed by atoms with Gasteiger partial charge in [0.1, 0.15) is 0 Å². The molecule has 198 valence electrons. The van der Waals surface area contributed by atoms with E-state index in [1.54, 1.807) is 5.56 Å². The van der Waals surface area contributed by atoms with Gasteiger partial charge in [0.15, 0.2) is 0 Å². The van der Waals surface area contributed by atoms with Crippen molar-refractivity contribution in [3.8, 4) is 17.2 Å². The van der Waals surface area contributed by atoms with Crippen LogP contribution in [0.25, 0.3) is 39.0 Å². The Morgan fingerprint density at radius 1 is 0.949 bits per heavy atom. The zero-order valence-corrected chi connectivity index (χ0v) is 24.1. The molecule has 3 nitrogen and oxygen atoms in total. The first kappa shape index (κ1) is 24.9. The van der Waals surface area contributed by atoms with Gasteiger partial charge in [-0.3, -0.25) is 4.57 Å². The Morgan fingerprint density at radius 2 is 1.77 bits per heavy atom. The summed E-state index contributed by atoms with van der Waals surface area (Å²) in [6, 6.07) is 26.5. The third-order valence-electron chi connectivity index (χ3n) is 9.34. The van der Waals surface area contributed by atoms with Crippen LogP contribution in [0.4, 0.5) is 0 Å². The van der Waals surface area contributed by atoms with Gasteiger partial charge in [0.25, 0.3) is 0 Å². The highest BCUT2D eigenvalue weighted by Crippen LogP contribution is 2.58. The number of nitrogens with zero attached hydrogens (tertiary/aromatic N) is 3. The van der Waals surface area contributed by atoms with Crippen molar-refractivity contribution in [3.63, 3.8) is 0 Å². The van der Waals surface area contributed by atoms with E-state index in [1.807, 2.05) is 0 Å². The maximum absolute atomic E-state index is 5.32. The molecule has 1 fully saturated rings. The molecule has 0 saturated heterocycles. The number of hydrogen-bond donors (Lipinski definition) is 0. The summed E-state index contributed by atoms with van der Waals surface area (Å²) < 4.78 is 2.34. The van der Waals surface area contributed by atoms with E-state index in [-0.39, 0.29) is 5.41 Å². The van der Waals surface area contributed by atoms with Crippen LogP contribution in [0.1, 0.15) is 82.9 Å². The first-order valence-electron chi connectivity index (χ1n) is 14.8. The normalized spacial score (nSPS) is 21.3. The Morgan fingerprint density at radius 3 is 2.59 bits per heavy atom. The molecule has 1 aliphatic heterocycles. The molecule has 3 aromatic carbocycles. The zero-order valence-electron chi connectivity index (χ0n) is 23.3. The molecular weight excluding hydrogens is 494 g/mol. The van der Waals surface area contributed by atoms with Crippen LogP contribution in [-0.4, -0.2) is 19.8 Å². The number of fused-ring (bicyclic) bond motifs is 7. The molecule has 0 spiro atoms. The monoisotopic (exact) mass is 531 g/mol. The van der Waals surface area contributed by atoms with Gasteiger partial charge in [0.2, 0.25) is 5.95 Å². The van der Waals surface area contributed by atoms with E-state index in [9.17, 15) is 0 Å². The van der Waals surface area contributed by atoms with Gasteiger partial charge >= 0.3 is 0 Å². The second-order valence-electron chi connectivity index (χ2n) is 11.7. The van der Waals surface area contributed by atoms with Crippen LogP contribution in [-0.2, 0) is 5.41 Å². The lowest BCUT2D eigenvalue weighted by Gasteiger charge is -2.36. The molecule has 2 aliphatic rings. The van der Waals surface area contributed by atoms with Gasteiger partial charge in [-0.25, -0.2) is 9.97 Å². The average molecular weight is 532 g/mol. The SMILES string of the molecule is CCCC(CC)c1cc(-c2ccccc2)nc(-n2c3ccccc3c3c4c(ccc32)C2(C)CCCCC2S4)n1. The molecule has 0 amide bonds. The molecule has 0 bridgehead atoms. The summed E-state index contributed by atoms with van der Waals surface area (Å²) in [4.78, 5) is 12.1. The minimum Gasteiger partial charge on any atom is -0.278 e. The van der Waals surface area contributed by atoms with Gasteiger partial charge in [0.05, 0.1) is 16.7 Å². The van der Waals surface area contributed by atoms with Crippen LogP contribution < -0.4 is 0 Å². The molecule has 5 aromatic rings. The maximum atomic E-state index is 5.32. The minimum absolute atomic E-state index is 0.279. The van der Waals surface area contributed by atoms with E-state index in [1.165, 1.54) is 52.4 Å². The number of aromatic nitrogens is 3. The zero-order chi connectivity index (χ0) is 26.6. The van der Waals surface area contributed by atoms with E-state index >= 15 is 0 Å². The fourth-order valence-electron chi connectivity index (χ4n) is 7.19. The average Bonchev–Trinajstić information content (AvgIpc) is 3.48. The van der Waals surface area contributed by atoms with Gasteiger partial charge in [-0.2, -0.15) is 0 Å². The Hall–Kier alpha value is -3.11. The maximum Gasteiger partial charge on any atom is 0.235 e. The third kappa shape index (κ3) is 3.94. The fraction of sp³-hybridized carbons (Fsp3) is 0.371. The van der Waals surface area contributed by atoms with Crippen molar-refractivity contribution in [2.75, 3.05) is 0 Å². The summed E-state index contributed by atoms with van der Waals surface area (Å²) >= 11 is 2.14. The number of para-hydroxylation sites is 1. The molecule has 3 unspecified atom stereocenters. The molecule has 0 N–H and O–H groups in total. The van der Waals surface area contributed by atoms with Crippen LogP contribution in [0.3, 0.4) is 0 Å². The summed E-state index contributed by atoms with van der Waals surface area (Å²) in [5.41, 5.74) is 7.56. The second kappa shape index (κ2) is 9.82. The Labute approximate surface area is 236 Å². The Bertz CT molecular complexity index is 1670. The lowest BCUT2D eigenvalue weighted by Crippen LogP contribution is -2.33. The van der Waals surface area contributed by atoms with Crippen molar-refractivity contribution in [1.29, 1.82) is 0 Å². The first-order chi connectivity index (χ1) is 19.1. The van der Waals surface area contributed by atoms with Crippen LogP contribution in [0, 0.1) is 0 Å². The lowest BCUT2D eigenvalue weighted by molar-refractivity contribution is 0.336. The van der Waals surface area contributed by atoms with Crippen LogP contribution in [0.2, 0.25) is 0 Å². The van der Waals surface area contributed by atoms with Crippen molar-refractivity contribution < 1.29 is 0 Å². The molecule has 39 heavy (non-hydrogen) atoms. The smallest absolute Gasteiger partial charge is 0.235 e. The van der Waals surface area contributed by atoms with Crippen molar-refractivity contribution in [3.05, 3.63) is 84.1 Å². The van der Waals surface area contributed by atoms with Gasteiger partial charge in [-0.05, 0) is 49.4 Å². The standard InChI is InChI=1S/C35H37N3S/c1-4-13-23(5-2)27-22-28(24-14-7-6-8-15-24)37-34(36-27)38-29-17-10-9-16-25(29)32-30(38)20-19-26-33(32)39-31-18-11-12-21-35(26,31)3/h6-10,14-17,19-20,22-23,31H,4-5,11-13,18,21H2,1-3H3. The second-order valence-corrected chi connectivity index (χ2v) is 12.9. The van der Waals surface area contributed by atoms with Crippen LogP contribution >= 0.6 is 11.8 Å². The molecule has 3 atom stereocenters. The molecule has 2 aromatic heterocycles. The largest absolute Gasteiger partial charge is 0.278 e. The topological polar surface area (TPSA) is 30.7 Å². The summed E-state index contributed by atoms with van der Waals surface area (Å²) in [5.74, 6) is 1.22. The van der Waals surface area contributed by atoms with Crippen molar-refractivity contribution >= 4 is 33.6 Å². The molecule has 7 rings (SSSR count). The highest BCUT2D eigenvalue weighted by atomic mass is 32.2. The lowest BCUT2D eigenvalue weighted by atomic mass is 9.70. The van der Waals surface area contributed by atoms with E-state index < -0.39 is 0 Å². The molecule has 1 saturated carbocycles. The number of hydrogen-bond acceptors (Lipinski definition) is 3. The molecule has 4 heteroatoms. The number of thioether (sulfide) groups is 1. The van der Waals surface area contributed by atoms with E-state index in [0.29, 0.717) is 11.2 Å². The van der Waals surface area contributed by atoms with Gasteiger partial charge in [0, 0.05) is 43.5 Å². The predicted octanol–water partition coefficient (Wildman–Crippen LogP) is 9.84. The molecule has 1 aliphatic carbocycles. The molecule has 0 radical (unpaired) electrons. The third-order valence-corrected chi connectivity index (χ3v) is 11.0. The van der Waals surface area contributed by atoms with Crippen molar-refractivity contribution in [2.45, 2.75) is 87.2 Å². The van der Waals surface area contributed by atoms with Crippen LogP contribution in [0.5, 0.6) is 0 Å². The number of benzene rings is 3. The van der Waals surface area contributed by atoms with Crippen molar-refractivity contribution in [2.24, 2.45) is 0 Å². The molecular formula is C35H37N3S. The van der Waals surface area contributed by atoms with E-state index in [4.69, 9.17) is 9.97 Å².